The molecule has 20 heavy (non-hydrogen) atoms. The molecular formula is C13H11FN2O4. The van der Waals surface area contributed by atoms with E-state index >= 15 is 0 Å². The van der Waals surface area contributed by atoms with Gasteiger partial charge in [0.15, 0.2) is 11.5 Å². The number of phenolic OH excluding ortho intramolecular Hbond substituents is 1. The molecule has 2 N–H and O–H groups in total. The lowest BCUT2D eigenvalue weighted by molar-refractivity contribution is 0.241. The minimum absolute atomic E-state index is 0.0369. The topological polar surface area (TPSA) is 84.3 Å². The lowest BCUT2D eigenvalue weighted by Crippen LogP contribution is -2.35. The standard InChI is InChI=1S/C13H11FN2O4/c14-8-6-16(13(19)15-12(8)18)9-4-5-20-11-7(9)2-1-3-10(11)17/h1-3,6,9,17H,4-5H2,(H,15,18,19)/t9-/m1/s1. The van der Waals surface area contributed by atoms with Crippen LogP contribution in [0.2, 0.25) is 0 Å². The normalized spacial score (nSPS) is 17.4. The molecule has 2 heterocycles. The number of rotatable bonds is 1. The van der Waals surface area contributed by atoms with Crippen molar-refractivity contribution in [3.05, 3.63) is 56.6 Å². The number of aromatic hydroxyl groups is 1. The van der Waals surface area contributed by atoms with E-state index in [0.29, 0.717) is 12.0 Å². The van der Waals surface area contributed by atoms with E-state index in [-0.39, 0.29) is 18.1 Å². The van der Waals surface area contributed by atoms with Gasteiger partial charge in [-0.15, -0.1) is 0 Å². The quantitative estimate of drug-likeness (QED) is 0.806. The number of benzene rings is 1. The molecule has 1 aromatic heterocycles. The number of halogens is 1. The van der Waals surface area contributed by atoms with Crippen molar-refractivity contribution in [3.63, 3.8) is 0 Å². The molecular weight excluding hydrogens is 267 g/mol. The zero-order valence-corrected chi connectivity index (χ0v) is 10.3. The number of H-pyrrole nitrogens is 1. The Kier molecular flexibility index (Phi) is 2.81. The van der Waals surface area contributed by atoms with Gasteiger partial charge in [0, 0.05) is 12.0 Å². The summed E-state index contributed by atoms with van der Waals surface area (Å²) in [5.41, 5.74) is -1.17. The van der Waals surface area contributed by atoms with Gasteiger partial charge < -0.3 is 9.84 Å². The maximum atomic E-state index is 13.4. The lowest BCUT2D eigenvalue weighted by atomic mass is 10.00. The van der Waals surface area contributed by atoms with Crippen LogP contribution in [0.1, 0.15) is 18.0 Å². The summed E-state index contributed by atoms with van der Waals surface area (Å²) in [6.07, 6.45) is 1.31. The van der Waals surface area contributed by atoms with Gasteiger partial charge in [-0.2, -0.15) is 4.39 Å². The van der Waals surface area contributed by atoms with Crippen LogP contribution in [0.3, 0.4) is 0 Å². The first-order chi connectivity index (χ1) is 9.58. The molecule has 7 heteroatoms. The number of ether oxygens (including phenoxy) is 1. The minimum Gasteiger partial charge on any atom is -0.504 e. The molecule has 2 aromatic rings. The van der Waals surface area contributed by atoms with E-state index in [0.717, 1.165) is 10.8 Å². The van der Waals surface area contributed by atoms with E-state index in [4.69, 9.17) is 4.74 Å². The summed E-state index contributed by atoms with van der Waals surface area (Å²) in [7, 11) is 0. The van der Waals surface area contributed by atoms with Crippen LogP contribution in [-0.4, -0.2) is 21.3 Å². The molecule has 1 aromatic carbocycles. The summed E-state index contributed by atoms with van der Waals surface area (Å²) in [5, 5.41) is 9.74. The molecule has 0 bridgehead atoms. The summed E-state index contributed by atoms with van der Waals surface area (Å²) in [4.78, 5) is 24.8. The van der Waals surface area contributed by atoms with Gasteiger partial charge in [0.05, 0.1) is 18.8 Å². The van der Waals surface area contributed by atoms with Crippen LogP contribution in [0.25, 0.3) is 0 Å². The van der Waals surface area contributed by atoms with Crippen molar-refractivity contribution >= 4 is 0 Å². The Bertz CT molecular complexity index is 781. The summed E-state index contributed by atoms with van der Waals surface area (Å²) in [5.74, 6) is -0.787. The number of aromatic amines is 1. The van der Waals surface area contributed by atoms with Crippen molar-refractivity contribution in [1.29, 1.82) is 0 Å². The molecule has 0 spiro atoms. The first-order valence-electron chi connectivity index (χ1n) is 6.03. The molecule has 0 radical (unpaired) electrons. The fourth-order valence-electron chi connectivity index (χ4n) is 2.37. The fourth-order valence-corrected chi connectivity index (χ4v) is 2.37. The minimum atomic E-state index is -1.05. The Balaban J connectivity index is 2.19. The maximum absolute atomic E-state index is 13.4. The van der Waals surface area contributed by atoms with Crippen LogP contribution in [0.5, 0.6) is 11.5 Å². The molecule has 104 valence electrons. The molecule has 1 aliphatic rings. The number of aromatic nitrogens is 2. The Labute approximate surface area is 112 Å². The molecule has 6 nitrogen and oxygen atoms in total. The smallest absolute Gasteiger partial charge is 0.329 e. The van der Waals surface area contributed by atoms with Gasteiger partial charge in [-0.3, -0.25) is 14.3 Å². The Morgan fingerprint density at radius 1 is 1.40 bits per heavy atom. The van der Waals surface area contributed by atoms with E-state index in [9.17, 15) is 19.1 Å². The molecule has 0 saturated heterocycles. The van der Waals surface area contributed by atoms with Gasteiger partial charge in [-0.25, -0.2) is 4.79 Å². The second-order valence-corrected chi connectivity index (χ2v) is 4.49. The van der Waals surface area contributed by atoms with Crippen LogP contribution in [0, 0.1) is 5.82 Å². The molecule has 3 rings (SSSR count). The molecule has 0 amide bonds. The molecule has 1 atom stereocenters. The van der Waals surface area contributed by atoms with E-state index in [2.05, 4.69) is 0 Å². The van der Waals surface area contributed by atoms with Crippen LogP contribution in [0.4, 0.5) is 4.39 Å². The predicted molar refractivity (Wildman–Crippen MR) is 67.6 cm³/mol. The third-order valence-corrected chi connectivity index (χ3v) is 3.28. The predicted octanol–water partition coefficient (Wildman–Crippen LogP) is 0.753. The zero-order chi connectivity index (χ0) is 14.3. The third-order valence-electron chi connectivity index (χ3n) is 3.28. The Morgan fingerprint density at radius 3 is 3.00 bits per heavy atom. The fraction of sp³-hybridized carbons (Fsp3) is 0.231. The SMILES string of the molecule is O=c1[nH]c(=O)n([C@@H]2CCOc3c(O)cccc32)cc1F. The van der Waals surface area contributed by atoms with Crippen molar-refractivity contribution in [3.8, 4) is 11.5 Å². The van der Waals surface area contributed by atoms with Gasteiger partial charge in [-0.05, 0) is 6.07 Å². The molecule has 0 unspecified atom stereocenters. The van der Waals surface area contributed by atoms with Gasteiger partial charge in [0.25, 0.3) is 5.56 Å². The Hall–Kier alpha value is -2.57. The summed E-state index contributed by atoms with van der Waals surface area (Å²) < 4.78 is 19.9. The molecule has 0 saturated carbocycles. The van der Waals surface area contributed by atoms with Crippen LogP contribution >= 0.6 is 0 Å². The van der Waals surface area contributed by atoms with Crippen LogP contribution in [0.15, 0.2) is 34.0 Å². The Morgan fingerprint density at radius 2 is 2.20 bits per heavy atom. The highest BCUT2D eigenvalue weighted by Crippen LogP contribution is 2.39. The van der Waals surface area contributed by atoms with Crippen molar-refractivity contribution in [2.24, 2.45) is 0 Å². The highest BCUT2D eigenvalue weighted by Gasteiger charge is 2.26. The van der Waals surface area contributed by atoms with Gasteiger partial charge in [-0.1, -0.05) is 12.1 Å². The number of phenols is 1. The summed E-state index contributed by atoms with van der Waals surface area (Å²) >= 11 is 0. The van der Waals surface area contributed by atoms with Crippen molar-refractivity contribution in [1.82, 2.24) is 9.55 Å². The average molecular weight is 278 g/mol. The van der Waals surface area contributed by atoms with E-state index < -0.39 is 23.1 Å². The number of fused-ring (bicyclic) bond motifs is 1. The second kappa shape index (κ2) is 4.52. The number of nitrogens with zero attached hydrogens (tertiary/aromatic N) is 1. The van der Waals surface area contributed by atoms with E-state index in [1.54, 1.807) is 12.1 Å². The van der Waals surface area contributed by atoms with Gasteiger partial charge >= 0.3 is 5.69 Å². The average Bonchev–Trinajstić information content (AvgIpc) is 2.43. The number of para-hydroxylation sites is 1. The van der Waals surface area contributed by atoms with Gasteiger partial charge in [0.2, 0.25) is 5.82 Å². The van der Waals surface area contributed by atoms with E-state index in [1.807, 2.05) is 4.98 Å². The maximum Gasteiger partial charge on any atom is 0.329 e. The number of hydrogen-bond acceptors (Lipinski definition) is 4. The van der Waals surface area contributed by atoms with Crippen molar-refractivity contribution < 1.29 is 14.2 Å². The molecule has 0 fully saturated rings. The van der Waals surface area contributed by atoms with Crippen molar-refractivity contribution in [2.45, 2.75) is 12.5 Å². The van der Waals surface area contributed by atoms with Crippen LogP contribution < -0.4 is 16.0 Å². The van der Waals surface area contributed by atoms with Gasteiger partial charge in [0.1, 0.15) is 0 Å². The zero-order valence-electron chi connectivity index (χ0n) is 10.3. The highest BCUT2D eigenvalue weighted by molar-refractivity contribution is 5.48. The lowest BCUT2D eigenvalue weighted by Gasteiger charge is -2.27. The number of hydrogen-bond donors (Lipinski definition) is 2. The van der Waals surface area contributed by atoms with Crippen molar-refractivity contribution in [2.75, 3.05) is 6.61 Å². The third kappa shape index (κ3) is 1.87. The monoisotopic (exact) mass is 278 g/mol. The van der Waals surface area contributed by atoms with Crippen LogP contribution in [-0.2, 0) is 0 Å². The van der Waals surface area contributed by atoms with E-state index in [1.165, 1.54) is 6.07 Å². The highest BCUT2D eigenvalue weighted by atomic mass is 19.1. The molecule has 0 aliphatic carbocycles. The second-order valence-electron chi connectivity index (χ2n) is 4.49. The molecule has 1 aliphatic heterocycles. The largest absolute Gasteiger partial charge is 0.504 e. The number of nitrogens with one attached hydrogen (secondary N) is 1. The first-order valence-corrected chi connectivity index (χ1v) is 6.03. The summed E-state index contributed by atoms with van der Waals surface area (Å²) in [6, 6.07) is 4.28. The summed E-state index contributed by atoms with van der Waals surface area (Å²) in [6.45, 7) is 0.280. The first kappa shape index (κ1) is 12.5.